The number of methoxy groups -OCH3 is 1. The number of benzene rings is 3. The number of aromatic nitrogens is 2. The lowest BCUT2D eigenvalue weighted by atomic mass is 9.99. The molecule has 1 atom stereocenters. The van der Waals surface area contributed by atoms with Gasteiger partial charge in [0, 0.05) is 30.4 Å². The Morgan fingerprint density at radius 2 is 1.85 bits per heavy atom. The summed E-state index contributed by atoms with van der Waals surface area (Å²) < 4.78 is 35.0. The van der Waals surface area contributed by atoms with E-state index in [0.717, 1.165) is 5.52 Å². The second-order valence-electron chi connectivity index (χ2n) is 9.86. The molecule has 0 spiro atoms. The van der Waals surface area contributed by atoms with Crippen molar-refractivity contribution in [2.45, 2.75) is 43.4 Å². The lowest BCUT2D eigenvalue weighted by Crippen LogP contribution is -2.42. The van der Waals surface area contributed by atoms with Crippen LogP contribution in [-0.2, 0) is 16.6 Å². The Morgan fingerprint density at radius 1 is 1.10 bits per heavy atom. The maximum Gasteiger partial charge on any atom is 0.339 e. The van der Waals surface area contributed by atoms with Crippen LogP contribution in [0.3, 0.4) is 0 Å². The first-order chi connectivity index (χ1) is 18.5. The Bertz CT molecular complexity index is 1570. The van der Waals surface area contributed by atoms with Crippen molar-refractivity contribution in [2.75, 3.05) is 18.4 Å². The molecular formula is C28H32N4O6S. The Labute approximate surface area is 227 Å². The zero-order chi connectivity index (χ0) is 28.2. The molecule has 0 aliphatic carbocycles. The molecule has 0 saturated carbocycles. The first-order valence-corrected chi connectivity index (χ1v) is 13.8. The van der Waals surface area contributed by atoms with Crippen molar-refractivity contribution >= 4 is 32.7 Å². The first kappa shape index (κ1) is 28.1. The molecule has 0 fully saturated rings. The Kier molecular flexibility index (Phi) is 8.24. The lowest BCUT2D eigenvalue weighted by Gasteiger charge is -2.28. The van der Waals surface area contributed by atoms with Gasteiger partial charge in [0.25, 0.3) is 10.0 Å². The van der Waals surface area contributed by atoms with Gasteiger partial charge in [-0.3, -0.25) is 4.72 Å². The van der Waals surface area contributed by atoms with E-state index in [0.29, 0.717) is 29.7 Å². The molecule has 4 N–H and O–H groups in total. The number of aliphatic hydroxyl groups excluding tert-OH is 1. The highest BCUT2D eigenvalue weighted by Crippen LogP contribution is 2.27. The molecule has 4 aromatic rings. The highest BCUT2D eigenvalue weighted by atomic mass is 32.2. The molecule has 0 saturated heterocycles. The normalized spacial score (nSPS) is 12.8. The van der Waals surface area contributed by atoms with Crippen molar-refractivity contribution in [3.8, 4) is 5.75 Å². The molecule has 0 bridgehead atoms. The van der Waals surface area contributed by atoms with Gasteiger partial charge < -0.3 is 24.8 Å². The van der Waals surface area contributed by atoms with Gasteiger partial charge in [0.1, 0.15) is 11.3 Å². The van der Waals surface area contributed by atoms with Crippen molar-refractivity contribution in [2.24, 2.45) is 0 Å². The average molecular weight is 553 g/mol. The van der Waals surface area contributed by atoms with Crippen molar-refractivity contribution in [1.29, 1.82) is 0 Å². The molecule has 0 amide bonds. The third-order valence-electron chi connectivity index (χ3n) is 6.50. The molecule has 11 heteroatoms. The zero-order valence-electron chi connectivity index (χ0n) is 22.0. The first-order valence-electron chi connectivity index (χ1n) is 12.4. The van der Waals surface area contributed by atoms with Crippen LogP contribution < -0.4 is 14.8 Å². The number of hydrogen-bond acceptors (Lipinski definition) is 7. The number of nitrogens with zero attached hydrogens (tertiary/aromatic N) is 2. The van der Waals surface area contributed by atoms with Gasteiger partial charge in [-0.05, 0) is 56.2 Å². The van der Waals surface area contributed by atoms with E-state index in [4.69, 9.17) is 4.74 Å². The molecule has 10 nitrogen and oxygen atoms in total. The fourth-order valence-electron chi connectivity index (χ4n) is 4.20. The zero-order valence-corrected chi connectivity index (χ0v) is 22.8. The number of aromatic carboxylic acids is 1. The predicted octanol–water partition coefficient (Wildman–Crippen LogP) is 4.04. The van der Waals surface area contributed by atoms with Crippen molar-refractivity contribution in [3.63, 3.8) is 0 Å². The third-order valence-corrected chi connectivity index (χ3v) is 7.90. The third kappa shape index (κ3) is 6.75. The summed E-state index contributed by atoms with van der Waals surface area (Å²) in [5, 5.41) is 23.6. The minimum absolute atomic E-state index is 0.0585. The second kappa shape index (κ2) is 11.4. The van der Waals surface area contributed by atoms with Crippen LogP contribution in [0, 0.1) is 0 Å². The number of carbonyl (C=O) groups is 1. The van der Waals surface area contributed by atoms with E-state index in [9.17, 15) is 23.4 Å². The molecule has 1 aromatic heterocycles. The lowest BCUT2D eigenvalue weighted by molar-refractivity contribution is 0.0693. The summed E-state index contributed by atoms with van der Waals surface area (Å²) in [5.41, 5.74) is 1.97. The molecule has 0 aliphatic heterocycles. The number of imidazole rings is 1. The number of nitrogens with one attached hydrogen (secondary N) is 2. The van der Waals surface area contributed by atoms with Crippen LogP contribution in [0.1, 0.15) is 42.3 Å². The summed E-state index contributed by atoms with van der Waals surface area (Å²) in [6.45, 7) is 4.89. The van der Waals surface area contributed by atoms with Crippen LogP contribution >= 0.6 is 0 Å². The molecule has 0 aliphatic rings. The van der Waals surface area contributed by atoms with Gasteiger partial charge >= 0.3 is 5.97 Å². The summed E-state index contributed by atoms with van der Waals surface area (Å²) in [6.07, 6.45) is 1.49. The Balaban J connectivity index is 1.38. The SMILES string of the molecule is COc1cc2c(cc1C(=O)O)ncn2CCC(C)(C)NC[C@@H](O)c1cccc(NS(=O)(=O)c2ccccc2)c1. The topological polar surface area (TPSA) is 143 Å². The molecule has 0 unspecified atom stereocenters. The standard InChI is InChI=1S/C28H32N4O6S/c1-28(2,12-13-32-18-29-23-15-22(27(34)35)26(38-3)16-24(23)32)30-17-25(33)19-8-7-9-20(14-19)31-39(36,37)21-10-5-4-6-11-21/h4-11,14-16,18,25,30-31,33H,12-13,17H2,1-3H3,(H,34,35)/t25-/m1/s1. The highest BCUT2D eigenvalue weighted by molar-refractivity contribution is 7.92. The van der Waals surface area contributed by atoms with E-state index in [1.54, 1.807) is 54.9 Å². The van der Waals surface area contributed by atoms with Gasteiger partial charge in [-0.25, -0.2) is 18.2 Å². The van der Waals surface area contributed by atoms with E-state index < -0.39 is 22.1 Å². The number of ether oxygens (including phenoxy) is 1. The highest BCUT2D eigenvalue weighted by Gasteiger charge is 2.21. The number of sulfonamides is 1. The van der Waals surface area contributed by atoms with Crippen molar-refractivity contribution < 1.29 is 28.2 Å². The number of carboxylic acid groups (broad SMARTS) is 1. The fraction of sp³-hybridized carbons (Fsp3) is 0.286. The fourth-order valence-corrected chi connectivity index (χ4v) is 5.27. The minimum atomic E-state index is -3.74. The number of β-amino-alcohol motifs (C(OH)–C–C–N with tert-alkyl or cyclic N) is 1. The van der Waals surface area contributed by atoms with E-state index >= 15 is 0 Å². The van der Waals surface area contributed by atoms with E-state index in [1.165, 1.54) is 25.3 Å². The van der Waals surface area contributed by atoms with E-state index in [2.05, 4.69) is 15.0 Å². The van der Waals surface area contributed by atoms with Crippen LogP contribution in [0.4, 0.5) is 5.69 Å². The number of anilines is 1. The monoisotopic (exact) mass is 552 g/mol. The summed E-state index contributed by atoms with van der Waals surface area (Å²) in [6, 6.07) is 18.0. The van der Waals surface area contributed by atoms with E-state index in [1.807, 2.05) is 18.4 Å². The number of fused-ring (bicyclic) bond motifs is 1. The summed E-state index contributed by atoms with van der Waals surface area (Å²) in [5.74, 6) is -0.808. The molecular weight excluding hydrogens is 520 g/mol. The van der Waals surface area contributed by atoms with Gasteiger partial charge in [0.15, 0.2) is 0 Å². The number of rotatable bonds is 12. The molecule has 4 rings (SSSR count). The van der Waals surface area contributed by atoms with Gasteiger partial charge in [0.05, 0.1) is 35.5 Å². The number of hydrogen-bond donors (Lipinski definition) is 4. The van der Waals surface area contributed by atoms with Gasteiger partial charge in [-0.2, -0.15) is 0 Å². The Morgan fingerprint density at radius 3 is 2.54 bits per heavy atom. The summed E-state index contributed by atoms with van der Waals surface area (Å²) in [7, 11) is -2.31. The maximum absolute atomic E-state index is 12.6. The van der Waals surface area contributed by atoms with Crippen LogP contribution in [0.2, 0.25) is 0 Å². The molecule has 0 radical (unpaired) electrons. The van der Waals surface area contributed by atoms with E-state index in [-0.39, 0.29) is 28.3 Å². The largest absolute Gasteiger partial charge is 0.496 e. The van der Waals surface area contributed by atoms with Crippen LogP contribution in [0.5, 0.6) is 5.75 Å². The minimum Gasteiger partial charge on any atom is -0.496 e. The summed E-state index contributed by atoms with van der Waals surface area (Å²) >= 11 is 0. The van der Waals surface area contributed by atoms with Gasteiger partial charge in [0.2, 0.25) is 0 Å². The molecule has 3 aromatic carbocycles. The summed E-state index contributed by atoms with van der Waals surface area (Å²) in [4.78, 5) is 16.0. The van der Waals surface area contributed by atoms with Crippen molar-refractivity contribution in [3.05, 3.63) is 84.2 Å². The van der Waals surface area contributed by atoms with Gasteiger partial charge in [-0.1, -0.05) is 30.3 Å². The quantitative estimate of drug-likeness (QED) is 0.206. The van der Waals surface area contributed by atoms with Crippen molar-refractivity contribution in [1.82, 2.24) is 14.9 Å². The second-order valence-corrected chi connectivity index (χ2v) is 11.5. The number of aryl methyl sites for hydroxylation is 1. The molecule has 1 heterocycles. The smallest absolute Gasteiger partial charge is 0.339 e. The van der Waals surface area contributed by atoms with Crippen LogP contribution in [0.15, 0.2) is 78.0 Å². The predicted molar refractivity (Wildman–Crippen MR) is 149 cm³/mol. The Hall–Kier alpha value is -3.93. The molecule has 39 heavy (non-hydrogen) atoms. The number of aliphatic hydroxyl groups is 1. The maximum atomic E-state index is 12.6. The van der Waals surface area contributed by atoms with Gasteiger partial charge in [-0.15, -0.1) is 0 Å². The average Bonchev–Trinajstić information content (AvgIpc) is 3.32. The van der Waals surface area contributed by atoms with Crippen LogP contribution in [-0.4, -0.2) is 53.3 Å². The van der Waals surface area contributed by atoms with Crippen LogP contribution in [0.25, 0.3) is 11.0 Å². The number of carboxylic acids is 1. The molecule has 206 valence electrons.